The van der Waals surface area contributed by atoms with Crippen LogP contribution in [0.4, 0.5) is 0 Å². The van der Waals surface area contributed by atoms with E-state index in [-0.39, 0.29) is 0 Å². The summed E-state index contributed by atoms with van der Waals surface area (Å²) in [6.45, 7) is 9.67. The van der Waals surface area contributed by atoms with E-state index in [0.717, 1.165) is 0 Å². The predicted molar refractivity (Wildman–Crippen MR) is 75.4 cm³/mol. The molecule has 92 valence electrons. The van der Waals surface area contributed by atoms with Crippen molar-refractivity contribution in [2.24, 2.45) is 0 Å². The van der Waals surface area contributed by atoms with Gasteiger partial charge in [-0.2, -0.15) is 0 Å². The Kier molecular flexibility index (Phi) is 10.5. The van der Waals surface area contributed by atoms with Crippen LogP contribution in [0.15, 0.2) is 0 Å². The second kappa shape index (κ2) is 9.99. The van der Waals surface area contributed by atoms with Crippen molar-refractivity contribution in [1.82, 2.24) is 0 Å². The molecule has 0 heterocycles. The van der Waals surface area contributed by atoms with Crippen LogP contribution < -0.4 is 0 Å². The summed E-state index contributed by atoms with van der Waals surface area (Å²) < 4.78 is 6.41. The summed E-state index contributed by atoms with van der Waals surface area (Å²) in [4.78, 5) is 0. The molecule has 0 aliphatic rings. The Balaban J connectivity index is 3.54. The quantitative estimate of drug-likeness (QED) is 0.350. The van der Waals surface area contributed by atoms with Gasteiger partial charge in [-0.3, -0.25) is 0 Å². The van der Waals surface area contributed by atoms with Crippen LogP contribution in [0.3, 0.4) is 0 Å². The summed E-state index contributed by atoms with van der Waals surface area (Å²) in [6.07, 6.45) is 8.86. The molecule has 0 bridgehead atoms. The fourth-order valence-corrected chi connectivity index (χ4v) is 12.7. The minimum atomic E-state index is -1.53. The van der Waals surface area contributed by atoms with E-state index < -0.39 is 18.4 Å². The van der Waals surface area contributed by atoms with Crippen molar-refractivity contribution in [3.05, 3.63) is 0 Å². The molecular weight excluding hydrogens is 287 g/mol. The molecule has 0 N–H and O–H groups in total. The van der Waals surface area contributed by atoms with Crippen molar-refractivity contribution in [2.45, 2.75) is 84.0 Å². The molecule has 0 nitrogen and oxygen atoms in total. The maximum absolute atomic E-state index is 2.46. The first kappa shape index (κ1) is 15.8. The summed E-state index contributed by atoms with van der Waals surface area (Å²) in [5, 5.41) is 0. The van der Waals surface area contributed by atoms with Gasteiger partial charge in [-0.05, 0) is 0 Å². The molecule has 0 fully saturated rings. The number of hydrogen-bond acceptors (Lipinski definition) is 0. The molecule has 0 unspecified atom stereocenters. The van der Waals surface area contributed by atoms with Crippen LogP contribution in [0.5, 0.6) is 0 Å². The first-order valence-corrected chi connectivity index (χ1v) is 15.3. The molecular formula is C14H32Sn. The van der Waals surface area contributed by atoms with E-state index in [4.69, 9.17) is 0 Å². The van der Waals surface area contributed by atoms with Crippen LogP contribution in [-0.2, 0) is 0 Å². The summed E-state index contributed by atoms with van der Waals surface area (Å²) in [6, 6.07) is 0. The van der Waals surface area contributed by atoms with E-state index >= 15 is 0 Å². The molecule has 0 rings (SSSR count). The van der Waals surface area contributed by atoms with Crippen LogP contribution in [0.1, 0.15) is 66.2 Å². The van der Waals surface area contributed by atoms with Crippen LogP contribution in [0.25, 0.3) is 0 Å². The summed E-state index contributed by atoms with van der Waals surface area (Å²) >= 11 is -1.53. The zero-order valence-electron chi connectivity index (χ0n) is 11.6. The van der Waals surface area contributed by atoms with Crippen LogP contribution >= 0.6 is 0 Å². The van der Waals surface area contributed by atoms with E-state index in [1.807, 2.05) is 0 Å². The maximum atomic E-state index is 2.46. The molecule has 0 aromatic carbocycles. The van der Waals surface area contributed by atoms with Crippen molar-refractivity contribution in [3.8, 4) is 0 Å². The standard InChI is InChI=1S/C8H17.3C2H5.Sn/c1-3-5-7-8-6-4-2;3*1-2;/h1,3-8H2,2H3;3*1H2,2H3;. The summed E-state index contributed by atoms with van der Waals surface area (Å²) in [5.41, 5.74) is 0. The fraction of sp³-hybridized carbons (Fsp3) is 1.00. The third kappa shape index (κ3) is 6.86. The molecule has 0 aliphatic carbocycles. The Labute approximate surface area is 102 Å². The topological polar surface area (TPSA) is 0 Å². The number of unbranched alkanes of at least 4 members (excludes halogenated alkanes) is 5. The van der Waals surface area contributed by atoms with Gasteiger partial charge in [0.2, 0.25) is 0 Å². The molecule has 0 saturated heterocycles. The normalized spacial score (nSPS) is 12.0. The molecule has 0 aliphatic heterocycles. The average molecular weight is 319 g/mol. The molecule has 0 amide bonds. The number of hydrogen-bond donors (Lipinski definition) is 0. The van der Waals surface area contributed by atoms with E-state index in [0.29, 0.717) is 0 Å². The van der Waals surface area contributed by atoms with Gasteiger partial charge in [-0.15, -0.1) is 0 Å². The minimum absolute atomic E-state index is 1.38. The van der Waals surface area contributed by atoms with Crippen LogP contribution in [0, 0.1) is 0 Å². The number of rotatable bonds is 10. The third-order valence-electron chi connectivity index (χ3n) is 4.31. The van der Waals surface area contributed by atoms with E-state index in [9.17, 15) is 0 Å². The Morgan fingerprint density at radius 3 is 1.53 bits per heavy atom. The molecule has 0 aromatic heterocycles. The van der Waals surface area contributed by atoms with Crippen molar-refractivity contribution < 1.29 is 0 Å². The summed E-state index contributed by atoms with van der Waals surface area (Å²) in [7, 11) is 0. The van der Waals surface area contributed by atoms with Crippen LogP contribution in [0.2, 0.25) is 17.7 Å². The van der Waals surface area contributed by atoms with Gasteiger partial charge in [0.25, 0.3) is 0 Å². The Morgan fingerprint density at radius 2 is 1.07 bits per heavy atom. The SMILES string of the molecule is CCCCCCC[CH2][Sn]([CH2]C)([CH2]C)[CH2]C. The van der Waals surface area contributed by atoms with Crippen molar-refractivity contribution in [3.63, 3.8) is 0 Å². The summed E-state index contributed by atoms with van der Waals surface area (Å²) in [5.74, 6) is 0. The van der Waals surface area contributed by atoms with Gasteiger partial charge in [-0.25, -0.2) is 0 Å². The van der Waals surface area contributed by atoms with Gasteiger partial charge in [-0.1, -0.05) is 0 Å². The second-order valence-electron chi connectivity index (χ2n) is 5.08. The van der Waals surface area contributed by atoms with E-state index in [1.165, 1.54) is 32.1 Å². The van der Waals surface area contributed by atoms with Gasteiger partial charge in [0.05, 0.1) is 0 Å². The fourth-order valence-electron chi connectivity index (χ4n) is 2.56. The van der Waals surface area contributed by atoms with Gasteiger partial charge in [0, 0.05) is 0 Å². The van der Waals surface area contributed by atoms with Gasteiger partial charge in [0.1, 0.15) is 0 Å². The first-order valence-electron chi connectivity index (χ1n) is 7.24. The van der Waals surface area contributed by atoms with Crippen molar-refractivity contribution in [1.29, 1.82) is 0 Å². The third-order valence-corrected chi connectivity index (χ3v) is 21.2. The molecule has 0 radical (unpaired) electrons. The first-order chi connectivity index (χ1) is 7.24. The molecule has 0 saturated carbocycles. The molecule has 0 atom stereocenters. The Bertz CT molecular complexity index is 119. The Morgan fingerprint density at radius 1 is 0.600 bits per heavy atom. The average Bonchev–Trinajstić information content (AvgIpc) is 2.29. The second-order valence-corrected chi connectivity index (χ2v) is 21.1. The van der Waals surface area contributed by atoms with Gasteiger partial charge >= 0.3 is 102 Å². The zero-order chi connectivity index (χ0) is 11.6. The molecule has 15 heavy (non-hydrogen) atoms. The van der Waals surface area contributed by atoms with Crippen molar-refractivity contribution >= 4 is 18.4 Å². The zero-order valence-corrected chi connectivity index (χ0v) is 14.4. The van der Waals surface area contributed by atoms with Crippen molar-refractivity contribution in [2.75, 3.05) is 0 Å². The predicted octanol–water partition coefficient (Wildman–Crippen LogP) is 5.86. The van der Waals surface area contributed by atoms with E-state index in [2.05, 4.69) is 27.7 Å². The molecule has 1 heteroatoms. The Hall–Kier alpha value is 0.799. The monoisotopic (exact) mass is 320 g/mol. The van der Waals surface area contributed by atoms with Gasteiger partial charge < -0.3 is 0 Å². The molecule has 0 spiro atoms. The van der Waals surface area contributed by atoms with Crippen LogP contribution in [-0.4, -0.2) is 18.4 Å². The molecule has 0 aromatic rings. The van der Waals surface area contributed by atoms with Gasteiger partial charge in [0.15, 0.2) is 0 Å². The van der Waals surface area contributed by atoms with E-state index in [1.54, 1.807) is 24.2 Å².